The Morgan fingerprint density at radius 3 is 1.75 bits per heavy atom. The Bertz CT molecular complexity index is 1890. The van der Waals surface area contributed by atoms with Gasteiger partial charge in [-0.3, -0.25) is 0 Å². The highest BCUT2D eigenvalue weighted by atomic mass is 15.1. The van der Waals surface area contributed by atoms with E-state index in [-0.39, 0.29) is 5.41 Å². The molecular weight excluding hydrogens is 532 g/mol. The number of aryl methyl sites for hydroxylation is 2. The maximum Gasteiger partial charge on any atom is 0.0465 e. The minimum absolute atomic E-state index is 0.184. The molecule has 2 nitrogen and oxygen atoms in total. The number of benzene rings is 5. The fourth-order valence-corrected chi connectivity index (χ4v) is 6.46. The maximum atomic E-state index is 3.90. The SMILES string of the molecule is C=C/C=C\C(=C/C)N(c1cccc(C)c1)c1ccc2c(c1)C(C)(C)c1cc(N(c3ccccc3)c3cccc(C)c3)ccc1-2. The van der Waals surface area contributed by atoms with E-state index in [1.165, 1.54) is 33.4 Å². The molecule has 5 aromatic rings. The molecule has 1 aliphatic carbocycles. The maximum absolute atomic E-state index is 3.90. The van der Waals surface area contributed by atoms with Crippen LogP contribution in [-0.4, -0.2) is 0 Å². The molecule has 0 unspecified atom stereocenters. The molecule has 0 aromatic heterocycles. The largest absolute Gasteiger partial charge is 0.311 e. The van der Waals surface area contributed by atoms with Gasteiger partial charge in [-0.2, -0.15) is 0 Å². The van der Waals surface area contributed by atoms with E-state index in [2.05, 4.69) is 178 Å². The van der Waals surface area contributed by atoms with Crippen molar-refractivity contribution in [1.29, 1.82) is 0 Å². The Morgan fingerprint density at radius 1 is 0.614 bits per heavy atom. The summed E-state index contributed by atoms with van der Waals surface area (Å²) in [5.74, 6) is 0. The van der Waals surface area contributed by atoms with Crippen LogP contribution >= 0.6 is 0 Å². The average Bonchev–Trinajstić information content (AvgIpc) is 3.25. The van der Waals surface area contributed by atoms with Crippen molar-refractivity contribution in [3.63, 3.8) is 0 Å². The lowest BCUT2D eigenvalue weighted by molar-refractivity contribution is 0.660. The first-order chi connectivity index (χ1) is 21.3. The second-order valence-corrected chi connectivity index (χ2v) is 12.1. The van der Waals surface area contributed by atoms with Crippen molar-refractivity contribution in [2.24, 2.45) is 0 Å². The van der Waals surface area contributed by atoms with E-state index in [0.717, 1.165) is 34.1 Å². The van der Waals surface area contributed by atoms with Crippen LogP contribution in [-0.2, 0) is 5.41 Å². The topological polar surface area (TPSA) is 6.48 Å². The Balaban J connectivity index is 1.47. The van der Waals surface area contributed by atoms with Gasteiger partial charge in [-0.1, -0.05) is 93.3 Å². The van der Waals surface area contributed by atoms with Crippen LogP contribution in [0.2, 0.25) is 0 Å². The molecule has 0 heterocycles. The second-order valence-electron chi connectivity index (χ2n) is 12.1. The first-order valence-corrected chi connectivity index (χ1v) is 15.4. The van der Waals surface area contributed by atoms with Gasteiger partial charge >= 0.3 is 0 Å². The molecule has 0 radical (unpaired) electrons. The van der Waals surface area contributed by atoms with Crippen LogP contribution in [0.4, 0.5) is 28.4 Å². The van der Waals surface area contributed by atoms with Crippen LogP contribution in [0.1, 0.15) is 43.0 Å². The molecule has 0 spiro atoms. The van der Waals surface area contributed by atoms with E-state index in [9.17, 15) is 0 Å². The molecule has 0 saturated carbocycles. The summed E-state index contributed by atoms with van der Waals surface area (Å²) in [5, 5.41) is 0. The van der Waals surface area contributed by atoms with Crippen LogP contribution < -0.4 is 9.80 Å². The van der Waals surface area contributed by atoms with E-state index in [1.54, 1.807) is 0 Å². The summed E-state index contributed by atoms with van der Waals surface area (Å²) in [6.07, 6.45) is 8.11. The minimum Gasteiger partial charge on any atom is -0.311 e. The van der Waals surface area contributed by atoms with Gasteiger partial charge in [-0.05, 0) is 121 Å². The van der Waals surface area contributed by atoms with Crippen molar-refractivity contribution in [1.82, 2.24) is 0 Å². The third kappa shape index (κ3) is 5.29. The number of nitrogens with zero attached hydrogens (tertiary/aromatic N) is 2. The summed E-state index contributed by atoms with van der Waals surface area (Å²) in [4.78, 5) is 4.70. The molecule has 0 bridgehead atoms. The summed E-state index contributed by atoms with van der Waals surface area (Å²) in [6.45, 7) is 15.0. The Morgan fingerprint density at radius 2 is 1.14 bits per heavy atom. The minimum atomic E-state index is -0.184. The summed E-state index contributed by atoms with van der Waals surface area (Å²) in [7, 11) is 0. The summed E-state index contributed by atoms with van der Waals surface area (Å²) < 4.78 is 0. The van der Waals surface area contributed by atoms with E-state index in [0.29, 0.717) is 0 Å². The van der Waals surface area contributed by atoms with Crippen LogP contribution in [0.3, 0.4) is 0 Å². The van der Waals surface area contributed by atoms with Gasteiger partial charge in [-0.25, -0.2) is 0 Å². The second kappa shape index (κ2) is 11.9. The van der Waals surface area contributed by atoms with Crippen molar-refractivity contribution in [2.45, 2.75) is 40.0 Å². The number of hydrogen-bond donors (Lipinski definition) is 0. The average molecular weight is 573 g/mol. The van der Waals surface area contributed by atoms with E-state index < -0.39 is 0 Å². The number of fused-ring (bicyclic) bond motifs is 3. The normalized spacial score (nSPS) is 13.4. The highest BCUT2D eigenvalue weighted by Gasteiger charge is 2.36. The molecule has 0 N–H and O–H groups in total. The van der Waals surface area contributed by atoms with E-state index >= 15 is 0 Å². The molecular formula is C42H40N2. The van der Waals surface area contributed by atoms with Crippen molar-refractivity contribution >= 4 is 28.4 Å². The molecule has 0 fully saturated rings. The lowest BCUT2D eigenvalue weighted by atomic mass is 9.82. The quantitative estimate of drug-likeness (QED) is 0.171. The number of anilines is 5. The molecule has 0 amide bonds. The van der Waals surface area contributed by atoms with E-state index in [4.69, 9.17) is 0 Å². The molecule has 6 rings (SSSR count). The number of rotatable bonds is 8. The number of para-hydroxylation sites is 1. The highest BCUT2D eigenvalue weighted by Crippen LogP contribution is 2.52. The van der Waals surface area contributed by atoms with Gasteiger partial charge in [0, 0.05) is 39.5 Å². The van der Waals surface area contributed by atoms with Crippen molar-refractivity contribution in [3.05, 3.63) is 174 Å². The third-order valence-corrected chi connectivity index (χ3v) is 8.65. The predicted octanol–water partition coefficient (Wildman–Crippen LogP) is 11.9. The van der Waals surface area contributed by atoms with Gasteiger partial charge in [0.1, 0.15) is 0 Å². The molecule has 0 atom stereocenters. The van der Waals surface area contributed by atoms with Crippen molar-refractivity contribution < 1.29 is 0 Å². The van der Waals surface area contributed by atoms with Gasteiger partial charge in [0.05, 0.1) is 0 Å². The zero-order valence-corrected chi connectivity index (χ0v) is 26.4. The molecule has 0 aliphatic heterocycles. The van der Waals surface area contributed by atoms with Gasteiger partial charge < -0.3 is 9.80 Å². The van der Waals surface area contributed by atoms with Crippen molar-refractivity contribution in [3.8, 4) is 11.1 Å². The Kier molecular flexibility index (Phi) is 7.84. The molecule has 0 saturated heterocycles. The smallest absolute Gasteiger partial charge is 0.0465 e. The van der Waals surface area contributed by atoms with Gasteiger partial charge in [0.2, 0.25) is 0 Å². The lowest BCUT2D eigenvalue weighted by Gasteiger charge is -2.29. The fourth-order valence-electron chi connectivity index (χ4n) is 6.46. The number of hydrogen-bond acceptors (Lipinski definition) is 2. The highest BCUT2D eigenvalue weighted by molar-refractivity contribution is 5.87. The van der Waals surface area contributed by atoms with Gasteiger partial charge in [-0.15, -0.1) is 0 Å². The van der Waals surface area contributed by atoms with Crippen LogP contribution in [0.5, 0.6) is 0 Å². The molecule has 2 heteroatoms. The standard InChI is InChI=1S/C42H40N2/c1-7-9-17-32(8-2)43(34-20-13-15-30(3)26-34)36-22-24-38-39-25-23-37(29-41(39)42(5,6)40(38)28-36)44(33-18-11-10-12-19-33)35-21-14-16-31(4)27-35/h7-29H,1H2,2-6H3/b17-9-,32-8+. The van der Waals surface area contributed by atoms with Gasteiger partial charge in [0.25, 0.3) is 0 Å². The zero-order chi connectivity index (χ0) is 30.8. The van der Waals surface area contributed by atoms with Crippen LogP contribution in [0, 0.1) is 13.8 Å². The molecule has 218 valence electrons. The summed E-state index contributed by atoms with van der Waals surface area (Å²) in [6, 6.07) is 42.0. The first kappa shape index (κ1) is 29.0. The Hall–Kier alpha value is -5.08. The Labute approximate surface area is 262 Å². The monoisotopic (exact) mass is 572 g/mol. The van der Waals surface area contributed by atoms with Crippen molar-refractivity contribution in [2.75, 3.05) is 9.80 Å². The lowest BCUT2D eigenvalue weighted by Crippen LogP contribution is -2.19. The predicted molar refractivity (Wildman–Crippen MR) is 190 cm³/mol. The molecule has 5 aromatic carbocycles. The zero-order valence-electron chi connectivity index (χ0n) is 26.4. The fraction of sp³-hybridized carbons (Fsp3) is 0.143. The van der Waals surface area contributed by atoms with Crippen LogP contribution in [0.15, 0.2) is 152 Å². The van der Waals surface area contributed by atoms with Crippen LogP contribution in [0.25, 0.3) is 11.1 Å². The number of allylic oxidation sites excluding steroid dienone is 4. The molecule has 44 heavy (non-hydrogen) atoms. The molecule has 1 aliphatic rings. The summed E-state index contributed by atoms with van der Waals surface area (Å²) >= 11 is 0. The first-order valence-electron chi connectivity index (χ1n) is 15.4. The van der Waals surface area contributed by atoms with E-state index in [1.807, 2.05) is 12.2 Å². The third-order valence-electron chi connectivity index (χ3n) is 8.65. The summed E-state index contributed by atoms with van der Waals surface area (Å²) in [5.41, 5.74) is 14.4. The van der Waals surface area contributed by atoms with Gasteiger partial charge in [0.15, 0.2) is 0 Å².